The van der Waals surface area contributed by atoms with Gasteiger partial charge in [0.25, 0.3) is 5.91 Å². The molecule has 9 heteroatoms. The third-order valence-corrected chi connectivity index (χ3v) is 7.01. The SMILES string of the molecule is COc1ccc(CNC(=O)[C@@]2(Cc3ccccc3Br)COC(c3ccc(OCCCO)cc3)=N2)c(OC)c1. The molecule has 0 saturated heterocycles. The Bertz CT molecular complexity index is 1280. The summed E-state index contributed by atoms with van der Waals surface area (Å²) in [6.45, 7) is 0.871. The second-order valence-electron chi connectivity index (χ2n) is 8.82. The summed E-state index contributed by atoms with van der Waals surface area (Å²) >= 11 is 3.60. The van der Waals surface area contributed by atoms with Gasteiger partial charge >= 0.3 is 0 Å². The van der Waals surface area contributed by atoms with Crippen molar-refractivity contribution in [3.8, 4) is 17.2 Å². The van der Waals surface area contributed by atoms with Crippen molar-refractivity contribution in [3.05, 3.63) is 87.9 Å². The van der Waals surface area contributed by atoms with Crippen LogP contribution in [-0.4, -0.2) is 56.5 Å². The van der Waals surface area contributed by atoms with Gasteiger partial charge in [-0.1, -0.05) is 34.1 Å². The first-order valence-corrected chi connectivity index (χ1v) is 13.1. The van der Waals surface area contributed by atoms with E-state index in [2.05, 4.69) is 21.2 Å². The highest BCUT2D eigenvalue weighted by Crippen LogP contribution is 2.31. The van der Waals surface area contributed by atoms with Crippen LogP contribution in [0.4, 0.5) is 0 Å². The minimum atomic E-state index is -1.16. The lowest BCUT2D eigenvalue weighted by atomic mass is 9.91. The summed E-state index contributed by atoms with van der Waals surface area (Å²) in [7, 11) is 3.17. The van der Waals surface area contributed by atoms with Gasteiger partial charge in [-0.2, -0.15) is 0 Å². The molecule has 1 aliphatic rings. The van der Waals surface area contributed by atoms with E-state index in [0.29, 0.717) is 42.6 Å². The van der Waals surface area contributed by atoms with Crippen LogP contribution in [-0.2, 0) is 22.5 Å². The zero-order valence-corrected chi connectivity index (χ0v) is 23.0. The van der Waals surface area contributed by atoms with Gasteiger partial charge in [0.1, 0.15) is 23.9 Å². The van der Waals surface area contributed by atoms with Crippen LogP contribution in [0, 0.1) is 0 Å². The molecule has 0 radical (unpaired) electrons. The van der Waals surface area contributed by atoms with Crippen LogP contribution in [0.1, 0.15) is 23.1 Å². The van der Waals surface area contributed by atoms with Crippen LogP contribution in [0.15, 0.2) is 76.2 Å². The average Bonchev–Trinajstić information content (AvgIpc) is 3.38. The van der Waals surface area contributed by atoms with Gasteiger partial charge < -0.3 is 29.4 Å². The molecule has 1 amide bonds. The van der Waals surface area contributed by atoms with Crippen molar-refractivity contribution in [2.75, 3.05) is 34.0 Å². The number of rotatable bonds is 12. The smallest absolute Gasteiger partial charge is 0.252 e. The molecule has 1 atom stereocenters. The zero-order chi connectivity index (χ0) is 27.0. The molecule has 1 aliphatic heterocycles. The molecule has 200 valence electrons. The first kappa shape index (κ1) is 27.5. The quantitative estimate of drug-likeness (QED) is 0.309. The normalized spacial score (nSPS) is 16.4. The van der Waals surface area contributed by atoms with Crippen molar-refractivity contribution in [3.63, 3.8) is 0 Å². The molecular formula is C29H31BrN2O6. The second-order valence-corrected chi connectivity index (χ2v) is 9.67. The lowest BCUT2D eigenvalue weighted by Gasteiger charge is -2.24. The molecule has 8 nitrogen and oxygen atoms in total. The van der Waals surface area contributed by atoms with Crippen LogP contribution >= 0.6 is 15.9 Å². The van der Waals surface area contributed by atoms with Crippen molar-refractivity contribution in [1.29, 1.82) is 0 Å². The number of aliphatic hydroxyl groups excluding tert-OH is 1. The Hall–Kier alpha value is -3.56. The number of nitrogens with zero attached hydrogens (tertiary/aromatic N) is 1. The van der Waals surface area contributed by atoms with E-state index in [9.17, 15) is 4.79 Å². The second kappa shape index (κ2) is 12.8. The van der Waals surface area contributed by atoms with Crippen LogP contribution in [0.5, 0.6) is 17.2 Å². The molecule has 0 spiro atoms. The number of aliphatic imine (C=N–C) groups is 1. The average molecular weight is 583 g/mol. The molecule has 0 aromatic heterocycles. The van der Waals surface area contributed by atoms with E-state index in [0.717, 1.165) is 21.2 Å². The van der Waals surface area contributed by atoms with Crippen LogP contribution in [0.2, 0.25) is 0 Å². The number of ether oxygens (including phenoxy) is 4. The van der Waals surface area contributed by atoms with Gasteiger partial charge in [-0.25, -0.2) is 4.99 Å². The first-order valence-electron chi connectivity index (χ1n) is 12.3. The molecule has 2 N–H and O–H groups in total. The molecule has 1 heterocycles. The summed E-state index contributed by atoms with van der Waals surface area (Å²) in [4.78, 5) is 18.6. The monoisotopic (exact) mass is 582 g/mol. The van der Waals surface area contributed by atoms with Gasteiger partial charge in [0.2, 0.25) is 5.90 Å². The topological polar surface area (TPSA) is 98.6 Å². The Kier molecular flexibility index (Phi) is 9.25. The fourth-order valence-corrected chi connectivity index (χ4v) is 4.55. The third kappa shape index (κ3) is 6.46. The summed E-state index contributed by atoms with van der Waals surface area (Å²) in [5.41, 5.74) is 1.36. The third-order valence-electron chi connectivity index (χ3n) is 6.23. The Morgan fingerprint density at radius 1 is 1.05 bits per heavy atom. The maximum atomic E-state index is 13.7. The molecule has 0 fully saturated rings. The van der Waals surface area contributed by atoms with E-state index in [-0.39, 0.29) is 25.7 Å². The minimum absolute atomic E-state index is 0.0790. The standard InChI is InChI=1S/C29H31BrN2O6/c1-35-24-13-10-22(26(16-24)36-2)18-31-28(34)29(17-21-6-3-4-7-25(21)30)19-38-27(32-29)20-8-11-23(12-9-20)37-15-5-14-33/h3-4,6-13,16,33H,5,14-15,17-19H2,1-2H3,(H,31,34)/t29-/m1/s1. The molecule has 0 aliphatic carbocycles. The van der Waals surface area contributed by atoms with Gasteiger partial charge in [-0.3, -0.25) is 4.79 Å². The van der Waals surface area contributed by atoms with E-state index in [1.807, 2.05) is 60.7 Å². The van der Waals surface area contributed by atoms with Crippen molar-refractivity contribution in [2.45, 2.75) is 24.9 Å². The predicted molar refractivity (Wildman–Crippen MR) is 148 cm³/mol. The number of aliphatic hydroxyl groups is 1. The predicted octanol–water partition coefficient (Wildman–Crippen LogP) is 4.30. The maximum absolute atomic E-state index is 13.7. The molecule has 4 rings (SSSR count). The Labute approximate surface area is 230 Å². The van der Waals surface area contributed by atoms with Gasteiger partial charge in [-0.05, 0) is 48.0 Å². The fraction of sp³-hybridized carbons (Fsp3) is 0.310. The number of benzene rings is 3. The summed E-state index contributed by atoms with van der Waals surface area (Å²) < 4.78 is 23.3. The van der Waals surface area contributed by atoms with Crippen molar-refractivity contribution in [1.82, 2.24) is 5.32 Å². The van der Waals surface area contributed by atoms with E-state index in [4.69, 9.17) is 29.0 Å². The van der Waals surface area contributed by atoms with Crippen molar-refractivity contribution in [2.24, 2.45) is 4.99 Å². The Morgan fingerprint density at radius 2 is 1.82 bits per heavy atom. The summed E-state index contributed by atoms with van der Waals surface area (Å²) in [6.07, 6.45) is 0.915. The van der Waals surface area contributed by atoms with Crippen molar-refractivity contribution >= 4 is 27.7 Å². The highest BCUT2D eigenvalue weighted by molar-refractivity contribution is 9.10. The van der Waals surface area contributed by atoms with E-state index in [1.165, 1.54) is 0 Å². The van der Waals surface area contributed by atoms with Gasteiger partial charge in [0.15, 0.2) is 5.54 Å². The maximum Gasteiger partial charge on any atom is 0.252 e. The number of amides is 1. The van der Waals surface area contributed by atoms with Crippen molar-refractivity contribution < 1.29 is 28.8 Å². The molecule has 3 aromatic rings. The van der Waals surface area contributed by atoms with Crippen LogP contribution < -0.4 is 19.5 Å². The summed E-state index contributed by atoms with van der Waals surface area (Å²) in [6, 6.07) is 20.6. The number of carbonyl (C=O) groups excluding carboxylic acids is 1. The van der Waals surface area contributed by atoms with Gasteiger partial charge in [0, 0.05) is 47.7 Å². The number of halogens is 1. The van der Waals surface area contributed by atoms with E-state index >= 15 is 0 Å². The highest BCUT2D eigenvalue weighted by atomic mass is 79.9. The lowest BCUT2D eigenvalue weighted by Crippen LogP contribution is -2.48. The molecule has 0 unspecified atom stereocenters. The van der Waals surface area contributed by atoms with Crippen LogP contribution in [0.25, 0.3) is 0 Å². The number of hydrogen-bond acceptors (Lipinski definition) is 7. The number of hydrogen-bond donors (Lipinski definition) is 2. The molecule has 0 saturated carbocycles. The van der Waals surface area contributed by atoms with E-state index < -0.39 is 5.54 Å². The van der Waals surface area contributed by atoms with E-state index in [1.54, 1.807) is 20.3 Å². The van der Waals surface area contributed by atoms with Gasteiger partial charge in [-0.15, -0.1) is 0 Å². The minimum Gasteiger partial charge on any atom is -0.497 e. The molecule has 3 aromatic carbocycles. The Balaban J connectivity index is 1.58. The summed E-state index contributed by atoms with van der Waals surface area (Å²) in [5, 5.41) is 12.0. The zero-order valence-electron chi connectivity index (χ0n) is 21.4. The van der Waals surface area contributed by atoms with Gasteiger partial charge in [0.05, 0.1) is 20.8 Å². The molecule has 38 heavy (non-hydrogen) atoms. The fourth-order valence-electron chi connectivity index (χ4n) is 4.12. The Morgan fingerprint density at radius 3 is 2.53 bits per heavy atom. The lowest BCUT2D eigenvalue weighted by molar-refractivity contribution is -0.126. The molecular weight excluding hydrogens is 552 g/mol. The molecule has 0 bridgehead atoms. The summed E-state index contributed by atoms with van der Waals surface area (Å²) in [5.74, 6) is 2.14. The highest BCUT2D eigenvalue weighted by Gasteiger charge is 2.44. The first-order chi connectivity index (χ1) is 18.5. The largest absolute Gasteiger partial charge is 0.497 e. The number of methoxy groups -OCH3 is 2. The number of carbonyl (C=O) groups is 1. The number of nitrogens with one attached hydrogen (secondary N) is 1. The van der Waals surface area contributed by atoms with Crippen LogP contribution in [0.3, 0.4) is 0 Å².